The average molecular weight is 295 g/mol. The molecule has 21 heavy (non-hydrogen) atoms. The average Bonchev–Trinajstić information content (AvgIpc) is 2.50. The van der Waals surface area contributed by atoms with Gasteiger partial charge in [0.1, 0.15) is 0 Å². The summed E-state index contributed by atoms with van der Waals surface area (Å²) in [5.74, 6) is -1.81. The monoisotopic (exact) mass is 295 g/mol. The molecule has 0 fully saturated rings. The number of phenols is 1. The number of anilines is 1. The molecular weight excluding hydrogens is 280 g/mol. The predicted molar refractivity (Wildman–Crippen MR) is 74.9 cm³/mol. The summed E-state index contributed by atoms with van der Waals surface area (Å²) in [5.41, 5.74) is 1.08. The van der Waals surface area contributed by atoms with Crippen molar-refractivity contribution in [3.63, 3.8) is 0 Å². The van der Waals surface area contributed by atoms with Crippen molar-refractivity contribution < 1.29 is 23.4 Å². The minimum atomic E-state index is -0.987. The Morgan fingerprint density at radius 1 is 1.00 bits per heavy atom. The third-order valence-corrected chi connectivity index (χ3v) is 2.96. The maximum atomic E-state index is 13.2. The number of methoxy groups -OCH3 is 2. The molecule has 0 heterocycles. The van der Waals surface area contributed by atoms with E-state index in [2.05, 4.69) is 5.32 Å². The van der Waals surface area contributed by atoms with Crippen LogP contribution in [0.4, 0.5) is 14.5 Å². The fourth-order valence-electron chi connectivity index (χ4n) is 1.87. The molecule has 0 aliphatic heterocycles. The van der Waals surface area contributed by atoms with Crippen molar-refractivity contribution in [2.75, 3.05) is 19.5 Å². The Kier molecular flexibility index (Phi) is 4.47. The zero-order chi connectivity index (χ0) is 15.4. The number of rotatable bonds is 5. The van der Waals surface area contributed by atoms with Gasteiger partial charge in [-0.25, -0.2) is 8.78 Å². The fourth-order valence-corrected chi connectivity index (χ4v) is 1.87. The van der Waals surface area contributed by atoms with E-state index in [1.807, 2.05) is 0 Å². The van der Waals surface area contributed by atoms with Gasteiger partial charge in [0.15, 0.2) is 28.9 Å². The molecule has 2 aromatic carbocycles. The second kappa shape index (κ2) is 6.30. The van der Waals surface area contributed by atoms with Gasteiger partial charge in [-0.3, -0.25) is 0 Å². The highest BCUT2D eigenvalue weighted by molar-refractivity contribution is 5.55. The first-order chi connectivity index (χ1) is 10.0. The van der Waals surface area contributed by atoms with E-state index < -0.39 is 17.4 Å². The summed E-state index contributed by atoms with van der Waals surface area (Å²) in [6.45, 7) is 0.198. The minimum absolute atomic E-state index is 0.198. The van der Waals surface area contributed by atoms with Crippen molar-refractivity contribution in [3.8, 4) is 17.2 Å². The summed E-state index contributed by atoms with van der Waals surface area (Å²) in [6, 6.07) is 7.35. The summed E-state index contributed by atoms with van der Waals surface area (Å²) < 4.78 is 36.7. The molecule has 2 N–H and O–H groups in total. The van der Waals surface area contributed by atoms with Crippen LogP contribution in [0.2, 0.25) is 0 Å². The molecule has 0 radical (unpaired) electrons. The zero-order valence-corrected chi connectivity index (χ0v) is 11.6. The van der Waals surface area contributed by atoms with Crippen molar-refractivity contribution in [1.82, 2.24) is 0 Å². The smallest absolute Gasteiger partial charge is 0.187 e. The van der Waals surface area contributed by atoms with E-state index in [-0.39, 0.29) is 6.54 Å². The van der Waals surface area contributed by atoms with Gasteiger partial charge in [-0.15, -0.1) is 0 Å². The van der Waals surface area contributed by atoms with E-state index in [4.69, 9.17) is 14.6 Å². The molecule has 0 atom stereocenters. The van der Waals surface area contributed by atoms with Crippen molar-refractivity contribution in [1.29, 1.82) is 0 Å². The van der Waals surface area contributed by atoms with Crippen LogP contribution in [0.3, 0.4) is 0 Å². The summed E-state index contributed by atoms with van der Waals surface area (Å²) in [7, 11) is 3.05. The van der Waals surface area contributed by atoms with E-state index in [1.54, 1.807) is 18.2 Å². The molecular formula is C15H15F2NO3. The van der Waals surface area contributed by atoms with Crippen LogP contribution in [-0.2, 0) is 6.54 Å². The number of benzene rings is 2. The first kappa shape index (κ1) is 14.9. The largest absolute Gasteiger partial charge is 0.503 e. The Bertz CT molecular complexity index is 624. The van der Waals surface area contributed by atoms with Crippen LogP contribution in [0.1, 0.15) is 5.56 Å². The third kappa shape index (κ3) is 3.34. The highest BCUT2D eigenvalue weighted by Crippen LogP contribution is 2.30. The van der Waals surface area contributed by atoms with E-state index in [0.29, 0.717) is 22.7 Å². The van der Waals surface area contributed by atoms with Gasteiger partial charge in [0.25, 0.3) is 0 Å². The topological polar surface area (TPSA) is 50.7 Å². The number of halogens is 2. The van der Waals surface area contributed by atoms with Crippen LogP contribution in [0, 0.1) is 11.6 Å². The van der Waals surface area contributed by atoms with E-state index in [9.17, 15) is 8.78 Å². The molecule has 0 aliphatic carbocycles. The first-order valence-corrected chi connectivity index (χ1v) is 6.18. The number of hydrogen-bond acceptors (Lipinski definition) is 4. The molecule has 0 spiro atoms. The van der Waals surface area contributed by atoms with Crippen LogP contribution < -0.4 is 14.8 Å². The van der Waals surface area contributed by atoms with Crippen LogP contribution in [0.5, 0.6) is 17.2 Å². The number of hydrogen-bond donors (Lipinski definition) is 2. The van der Waals surface area contributed by atoms with Crippen molar-refractivity contribution in [2.24, 2.45) is 0 Å². The minimum Gasteiger partial charge on any atom is -0.503 e. The zero-order valence-electron chi connectivity index (χ0n) is 11.6. The number of phenolic OH excluding ortho intramolecular Hbond substituents is 1. The number of ether oxygens (including phenoxy) is 2. The standard InChI is InChI=1S/C15H15F2NO3/c1-20-13-4-3-10(7-14(13)21-2)18-8-9-5-11(16)15(19)12(17)6-9/h3-7,18-19H,8H2,1-2H3. The maximum Gasteiger partial charge on any atom is 0.187 e. The van der Waals surface area contributed by atoms with E-state index >= 15 is 0 Å². The van der Waals surface area contributed by atoms with Crippen LogP contribution in [0.25, 0.3) is 0 Å². The van der Waals surface area contributed by atoms with Gasteiger partial charge < -0.3 is 19.9 Å². The second-order valence-electron chi connectivity index (χ2n) is 4.33. The molecule has 112 valence electrons. The normalized spacial score (nSPS) is 10.3. The summed E-state index contributed by atoms with van der Waals surface area (Å²) in [4.78, 5) is 0. The van der Waals surface area contributed by atoms with Crippen LogP contribution in [-0.4, -0.2) is 19.3 Å². The lowest BCUT2D eigenvalue weighted by Gasteiger charge is -2.11. The molecule has 0 aliphatic rings. The molecule has 6 heteroatoms. The van der Waals surface area contributed by atoms with Gasteiger partial charge in [0, 0.05) is 18.3 Å². The van der Waals surface area contributed by atoms with Crippen molar-refractivity contribution in [3.05, 3.63) is 47.5 Å². The van der Waals surface area contributed by atoms with Crippen LogP contribution >= 0.6 is 0 Å². The highest BCUT2D eigenvalue weighted by Gasteiger charge is 2.10. The van der Waals surface area contributed by atoms with Gasteiger partial charge in [-0.1, -0.05) is 0 Å². The third-order valence-electron chi connectivity index (χ3n) is 2.96. The molecule has 0 aromatic heterocycles. The Morgan fingerprint density at radius 2 is 1.62 bits per heavy atom. The number of nitrogens with one attached hydrogen (secondary N) is 1. The summed E-state index contributed by atoms with van der Waals surface area (Å²) in [5, 5.41) is 12.1. The lowest BCUT2D eigenvalue weighted by Crippen LogP contribution is -2.01. The van der Waals surface area contributed by atoms with Gasteiger partial charge in [-0.2, -0.15) is 0 Å². The Morgan fingerprint density at radius 3 is 2.19 bits per heavy atom. The SMILES string of the molecule is COc1ccc(NCc2cc(F)c(O)c(F)c2)cc1OC. The quantitative estimate of drug-likeness (QED) is 0.888. The second-order valence-corrected chi connectivity index (χ2v) is 4.33. The highest BCUT2D eigenvalue weighted by atomic mass is 19.1. The molecule has 4 nitrogen and oxygen atoms in total. The molecule has 0 saturated carbocycles. The Hall–Kier alpha value is -2.50. The molecule has 0 saturated heterocycles. The van der Waals surface area contributed by atoms with Gasteiger partial charge >= 0.3 is 0 Å². The lowest BCUT2D eigenvalue weighted by molar-refractivity contribution is 0.355. The maximum absolute atomic E-state index is 13.2. The molecule has 0 amide bonds. The molecule has 2 rings (SSSR count). The predicted octanol–water partition coefficient (Wildman–Crippen LogP) is 3.30. The molecule has 2 aromatic rings. The van der Waals surface area contributed by atoms with E-state index in [1.165, 1.54) is 14.2 Å². The molecule has 0 bridgehead atoms. The van der Waals surface area contributed by atoms with Crippen LogP contribution in [0.15, 0.2) is 30.3 Å². The Balaban J connectivity index is 2.13. The summed E-state index contributed by atoms with van der Waals surface area (Å²) in [6.07, 6.45) is 0. The molecule has 0 unspecified atom stereocenters. The summed E-state index contributed by atoms with van der Waals surface area (Å²) >= 11 is 0. The van der Waals surface area contributed by atoms with Gasteiger partial charge in [0.2, 0.25) is 0 Å². The number of aromatic hydroxyl groups is 1. The van der Waals surface area contributed by atoms with Gasteiger partial charge in [0.05, 0.1) is 14.2 Å². The lowest BCUT2D eigenvalue weighted by atomic mass is 10.2. The fraction of sp³-hybridized carbons (Fsp3) is 0.200. The van der Waals surface area contributed by atoms with E-state index in [0.717, 1.165) is 12.1 Å². The Labute approximate surface area is 120 Å². The van der Waals surface area contributed by atoms with Crippen molar-refractivity contribution >= 4 is 5.69 Å². The first-order valence-electron chi connectivity index (χ1n) is 6.18. The van der Waals surface area contributed by atoms with Gasteiger partial charge in [-0.05, 0) is 29.8 Å². The van der Waals surface area contributed by atoms with Crippen molar-refractivity contribution in [2.45, 2.75) is 6.54 Å².